The molecule has 8 heteroatoms. The van der Waals surface area contributed by atoms with Gasteiger partial charge in [-0.25, -0.2) is 8.42 Å². The van der Waals surface area contributed by atoms with Crippen molar-refractivity contribution in [1.82, 2.24) is 19.4 Å². The van der Waals surface area contributed by atoms with Crippen LogP contribution in [0, 0.1) is 0 Å². The molecule has 0 amide bonds. The van der Waals surface area contributed by atoms with Gasteiger partial charge in [0.25, 0.3) is 10.0 Å². The monoisotopic (exact) mass is 322 g/mol. The van der Waals surface area contributed by atoms with Gasteiger partial charge in [0.15, 0.2) is 5.03 Å². The Morgan fingerprint density at radius 3 is 2.59 bits per heavy atom. The highest BCUT2D eigenvalue weighted by atomic mass is 79.9. The summed E-state index contributed by atoms with van der Waals surface area (Å²) in [6.07, 6.45) is 1.45. The maximum Gasteiger partial charge on any atom is 0.260 e. The molecule has 0 aliphatic carbocycles. The van der Waals surface area contributed by atoms with E-state index in [1.807, 2.05) is 0 Å². The van der Waals surface area contributed by atoms with Crippen molar-refractivity contribution < 1.29 is 8.42 Å². The highest BCUT2D eigenvalue weighted by Gasteiger charge is 2.28. The molecule has 96 valence electrons. The standard InChI is InChI=1S/C9H15BrN4O2S/c10-2-4-13-5-7-14(8-6-13)17(15,16)9-1-3-11-12-9/h1,3H,2,4-8H2,(H,11,12). The lowest BCUT2D eigenvalue weighted by atomic mass is 10.4. The third-order valence-corrected chi connectivity index (χ3v) is 5.01. The van der Waals surface area contributed by atoms with Gasteiger partial charge in [0.1, 0.15) is 0 Å². The molecular formula is C9H15BrN4O2S. The zero-order chi connectivity index (χ0) is 12.3. The summed E-state index contributed by atoms with van der Waals surface area (Å²) in [7, 11) is -3.38. The van der Waals surface area contributed by atoms with Crippen LogP contribution in [-0.4, -0.2) is 65.9 Å². The van der Waals surface area contributed by atoms with Gasteiger partial charge in [0.2, 0.25) is 0 Å². The predicted octanol–water partition coefficient (Wildman–Crippen LogP) is 0.111. The average molecular weight is 323 g/mol. The lowest BCUT2D eigenvalue weighted by Gasteiger charge is -2.33. The number of rotatable bonds is 4. The fraction of sp³-hybridized carbons (Fsp3) is 0.667. The van der Waals surface area contributed by atoms with E-state index >= 15 is 0 Å². The van der Waals surface area contributed by atoms with Crippen LogP contribution in [0.4, 0.5) is 0 Å². The molecule has 2 heterocycles. The maximum absolute atomic E-state index is 12.1. The Balaban J connectivity index is 2.01. The number of alkyl halides is 1. The van der Waals surface area contributed by atoms with E-state index in [2.05, 4.69) is 31.0 Å². The van der Waals surface area contributed by atoms with Gasteiger partial charge < -0.3 is 0 Å². The van der Waals surface area contributed by atoms with Crippen molar-refractivity contribution in [2.45, 2.75) is 5.03 Å². The van der Waals surface area contributed by atoms with Gasteiger partial charge in [0.05, 0.1) is 6.20 Å². The third-order valence-electron chi connectivity index (χ3n) is 2.83. The zero-order valence-electron chi connectivity index (χ0n) is 9.34. The lowest BCUT2D eigenvalue weighted by molar-refractivity contribution is 0.198. The van der Waals surface area contributed by atoms with Crippen molar-refractivity contribution in [2.75, 3.05) is 38.1 Å². The van der Waals surface area contributed by atoms with E-state index in [-0.39, 0.29) is 5.03 Å². The van der Waals surface area contributed by atoms with Gasteiger partial charge in [-0.05, 0) is 6.07 Å². The van der Waals surface area contributed by atoms with Crippen LogP contribution < -0.4 is 0 Å². The molecule has 1 aliphatic heterocycles. The summed E-state index contributed by atoms with van der Waals surface area (Å²) in [5, 5.41) is 7.28. The molecule has 1 aliphatic rings. The van der Waals surface area contributed by atoms with Gasteiger partial charge in [0, 0.05) is 38.1 Å². The molecule has 0 spiro atoms. The van der Waals surface area contributed by atoms with Crippen LogP contribution in [0.3, 0.4) is 0 Å². The summed E-state index contributed by atoms with van der Waals surface area (Å²) in [6, 6.07) is 1.49. The maximum atomic E-state index is 12.1. The first-order chi connectivity index (χ1) is 8.14. The Kier molecular flexibility index (Phi) is 4.18. The summed E-state index contributed by atoms with van der Waals surface area (Å²) < 4.78 is 25.8. The quantitative estimate of drug-likeness (QED) is 0.799. The first-order valence-corrected chi connectivity index (χ1v) is 7.98. The molecule has 0 radical (unpaired) electrons. The number of H-pyrrole nitrogens is 1. The summed E-state index contributed by atoms with van der Waals surface area (Å²) in [4.78, 5) is 2.24. The fourth-order valence-corrected chi connectivity index (χ4v) is 3.66. The molecule has 2 rings (SSSR count). The topological polar surface area (TPSA) is 69.3 Å². The van der Waals surface area contributed by atoms with Crippen molar-refractivity contribution in [2.24, 2.45) is 0 Å². The van der Waals surface area contributed by atoms with Crippen LogP contribution >= 0.6 is 15.9 Å². The van der Waals surface area contributed by atoms with E-state index in [0.29, 0.717) is 13.1 Å². The van der Waals surface area contributed by atoms with Gasteiger partial charge in [-0.3, -0.25) is 10.00 Å². The van der Waals surface area contributed by atoms with Crippen LogP contribution in [0.25, 0.3) is 0 Å². The van der Waals surface area contributed by atoms with Crippen LogP contribution in [-0.2, 0) is 10.0 Å². The number of aromatic nitrogens is 2. The SMILES string of the molecule is O=S(=O)(c1ccn[nH]1)N1CCN(CCBr)CC1. The number of nitrogens with one attached hydrogen (secondary N) is 1. The van der Waals surface area contributed by atoms with Crippen molar-refractivity contribution in [3.05, 3.63) is 12.3 Å². The molecular weight excluding hydrogens is 308 g/mol. The van der Waals surface area contributed by atoms with Crippen LogP contribution in [0.5, 0.6) is 0 Å². The molecule has 0 aromatic carbocycles. The van der Waals surface area contributed by atoms with Crippen LogP contribution in [0.1, 0.15) is 0 Å². The Morgan fingerprint density at radius 2 is 2.06 bits per heavy atom. The molecule has 1 N–H and O–H groups in total. The molecule has 1 aromatic rings. The van der Waals surface area contributed by atoms with Crippen molar-refractivity contribution in [3.63, 3.8) is 0 Å². The molecule has 17 heavy (non-hydrogen) atoms. The minimum atomic E-state index is -3.38. The van der Waals surface area contributed by atoms with Crippen LogP contribution in [0.2, 0.25) is 0 Å². The Bertz CT molecular complexity index is 440. The number of nitrogens with zero attached hydrogens (tertiary/aromatic N) is 3. The second-order valence-corrected chi connectivity index (χ2v) is 6.55. The highest BCUT2D eigenvalue weighted by molar-refractivity contribution is 9.09. The Morgan fingerprint density at radius 1 is 1.35 bits per heavy atom. The van der Waals surface area contributed by atoms with Crippen molar-refractivity contribution >= 4 is 26.0 Å². The summed E-state index contributed by atoms with van der Waals surface area (Å²) in [5.74, 6) is 0. The first kappa shape index (κ1) is 13.0. The molecule has 0 unspecified atom stereocenters. The summed E-state index contributed by atoms with van der Waals surface area (Å²) in [6.45, 7) is 3.58. The number of piperazine rings is 1. The van der Waals surface area contributed by atoms with Crippen molar-refractivity contribution in [1.29, 1.82) is 0 Å². The molecule has 0 atom stereocenters. The van der Waals surface area contributed by atoms with Crippen molar-refractivity contribution in [3.8, 4) is 0 Å². The Labute approximate surface area is 109 Å². The van der Waals surface area contributed by atoms with Gasteiger partial charge in [-0.2, -0.15) is 9.40 Å². The van der Waals surface area contributed by atoms with E-state index in [4.69, 9.17) is 0 Å². The molecule has 1 fully saturated rings. The van der Waals surface area contributed by atoms with Gasteiger partial charge in [-0.15, -0.1) is 0 Å². The average Bonchev–Trinajstić information content (AvgIpc) is 2.84. The number of sulfonamides is 1. The zero-order valence-corrected chi connectivity index (χ0v) is 11.7. The molecule has 0 saturated carbocycles. The van der Waals surface area contributed by atoms with Gasteiger partial charge in [-0.1, -0.05) is 15.9 Å². The van der Waals surface area contributed by atoms with E-state index < -0.39 is 10.0 Å². The normalized spacial score (nSPS) is 19.6. The smallest absolute Gasteiger partial charge is 0.260 e. The van der Waals surface area contributed by atoms with E-state index in [9.17, 15) is 8.42 Å². The highest BCUT2D eigenvalue weighted by Crippen LogP contribution is 2.14. The third kappa shape index (κ3) is 2.87. The predicted molar refractivity (Wildman–Crippen MR) is 67.6 cm³/mol. The van der Waals surface area contributed by atoms with E-state index in [1.54, 1.807) is 0 Å². The second kappa shape index (κ2) is 5.47. The molecule has 6 nitrogen and oxygen atoms in total. The number of hydrogen-bond acceptors (Lipinski definition) is 4. The first-order valence-electron chi connectivity index (χ1n) is 5.42. The molecule has 1 saturated heterocycles. The minimum absolute atomic E-state index is 0.173. The fourth-order valence-electron chi connectivity index (χ4n) is 1.84. The largest absolute Gasteiger partial charge is 0.300 e. The number of hydrogen-bond donors (Lipinski definition) is 1. The lowest BCUT2D eigenvalue weighted by Crippen LogP contribution is -2.49. The minimum Gasteiger partial charge on any atom is -0.300 e. The summed E-state index contributed by atoms with van der Waals surface area (Å²) >= 11 is 3.38. The Hall–Kier alpha value is -0.440. The number of halogens is 1. The van der Waals surface area contributed by atoms with E-state index in [1.165, 1.54) is 16.6 Å². The van der Waals surface area contributed by atoms with E-state index in [0.717, 1.165) is 25.0 Å². The second-order valence-electron chi connectivity index (χ2n) is 3.86. The summed E-state index contributed by atoms with van der Waals surface area (Å²) in [5.41, 5.74) is 0. The number of aromatic amines is 1. The van der Waals surface area contributed by atoms with Gasteiger partial charge >= 0.3 is 0 Å². The van der Waals surface area contributed by atoms with Crippen LogP contribution in [0.15, 0.2) is 17.3 Å². The molecule has 0 bridgehead atoms. The molecule has 1 aromatic heterocycles.